The summed E-state index contributed by atoms with van der Waals surface area (Å²) in [6.45, 7) is 5.62. The molecule has 16 heavy (non-hydrogen) atoms. The van der Waals surface area contributed by atoms with E-state index < -0.39 is 0 Å². The van der Waals surface area contributed by atoms with Crippen molar-refractivity contribution in [2.24, 2.45) is 23.7 Å². The molecular formula is C14H20O2. The van der Waals surface area contributed by atoms with Crippen molar-refractivity contribution in [3.8, 4) is 0 Å². The Balaban J connectivity index is 1.80. The Labute approximate surface area is 97.1 Å². The monoisotopic (exact) mass is 220 g/mol. The topological polar surface area (TPSA) is 26.3 Å². The normalized spacial score (nSPS) is 49.1. The van der Waals surface area contributed by atoms with Gasteiger partial charge in [0.05, 0.1) is 0 Å². The summed E-state index contributed by atoms with van der Waals surface area (Å²) in [4.78, 5) is 11.4. The van der Waals surface area contributed by atoms with E-state index in [1.165, 1.54) is 31.8 Å². The van der Waals surface area contributed by atoms with Crippen LogP contribution in [0.2, 0.25) is 0 Å². The van der Waals surface area contributed by atoms with Crippen molar-refractivity contribution in [3.63, 3.8) is 0 Å². The SMILES string of the molecule is C=CC(=O)OC1(C)CC2CC1C1CCCC21. The minimum atomic E-state index is -0.246. The van der Waals surface area contributed by atoms with E-state index in [2.05, 4.69) is 13.5 Å². The second-order valence-electron chi connectivity index (χ2n) is 6.00. The lowest BCUT2D eigenvalue weighted by molar-refractivity contribution is -0.160. The first-order chi connectivity index (χ1) is 7.64. The summed E-state index contributed by atoms with van der Waals surface area (Å²) in [6, 6.07) is 0. The Morgan fingerprint density at radius 2 is 2.19 bits per heavy atom. The van der Waals surface area contributed by atoms with Crippen molar-refractivity contribution >= 4 is 5.97 Å². The largest absolute Gasteiger partial charge is 0.456 e. The Bertz CT molecular complexity index is 336. The van der Waals surface area contributed by atoms with Crippen LogP contribution in [0.3, 0.4) is 0 Å². The second kappa shape index (κ2) is 3.35. The molecule has 0 radical (unpaired) electrons. The molecule has 0 amide bonds. The number of fused-ring (bicyclic) bond motifs is 5. The van der Waals surface area contributed by atoms with Gasteiger partial charge >= 0.3 is 5.97 Å². The van der Waals surface area contributed by atoms with E-state index in [9.17, 15) is 4.79 Å². The number of ether oxygens (including phenoxy) is 1. The highest BCUT2D eigenvalue weighted by molar-refractivity contribution is 5.81. The molecule has 3 aliphatic rings. The van der Waals surface area contributed by atoms with E-state index in [1.807, 2.05) is 0 Å². The van der Waals surface area contributed by atoms with E-state index in [0.29, 0.717) is 5.92 Å². The molecule has 2 nitrogen and oxygen atoms in total. The van der Waals surface area contributed by atoms with Crippen molar-refractivity contribution < 1.29 is 9.53 Å². The fourth-order valence-electron chi connectivity index (χ4n) is 4.78. The van der Waals surface area contributed by atoms with Crippen LogP contribution in [0.4, 0.5) is 0 Å². The zero-order valence-corrected chi connectivity index (χ0v) is 9.95. The van der Waals surface area contributed by atoms with E-state index in [1.54, 1.807) is 0 Å². The van der Waals surface area contributed by atoms with Crippen LogP contribution in [0.1, 0.15) is 39.0 Å². The molecule has 3 fully saturated rings. The first-order valence-electron chi connectivity index (χ1n) is 6.49. The van der Waals surface area contributed by atoms with Gasteiger partial charge in [0.25, 0.3) is 0 Å². The van der Waals surface area contributed by atoms with Gasteiger partial charge in [0.2, 0.25) is 0 Å². The second-order valence-corrected chi connectivity index (χ2v) is 6.00. The molecule has 88 valence electrons. The molecule has 5 atom stereocenters. The van der Waals surface area contributed by atoms with Crippen LogP contribution in [0.25, 0.3) is 0 Å². The maximum Gasteiger partial charge on any atom is 0.330 e. The lowest BCUT2D eigenvalue weighted by Gasteiger charge is -2.39. The molecule has 3 saturated carbocycles. The fraction of sp³-hybridized carbons (Fsp3) is 0.786. The predicted octanol–water partition coefficient (Wildman–Crippen LogP) is 2.93. The molecule has 0 aromatic heterocycles. The summed E-state index contributed by atoms with van der Waals surface area (Å²) < 4.78 is 5.63. The number of carbonyl (C=O) groups excluding carboxylic acids is 1. The summed E-state index contributed by atoms with van der Waals surface area (Å²) >= 11 is 0. The summed E-state index contributed by atoms with van der Waals surface area (Å²) in [7, 11) is 0. The van der Waals surface area contributed by atoms with Gasteiger partial charge in [-0.15, -0.1) is 0 Å². The van der Waals surface area contributed by atoms with Crippen LogP contribution in [0.15, 0.2) is 12.7 Å². The van der Waals surface area contributed by atoms with Crippen molar-refractivity contribution in [3.05, 3.63) is 12.7 Å². The maximum absolute atomic E-state index is 11.4. The first kappa shape index (κ1) is 10.4. The molecule has 0 saturated heterocycles. The third kappa shape index (κ3) is 1.28. The smallest absolute Gasteiger partial charge is 0.330 e. The third-order valence-corrected chi connectivity index (χ3v) is 5.26. The molecule has 3 aliphatic carbocycles. The van der Waals surface area contributed by atoms with E-state index in [-0.39, 0.29) is 11.6 Å². The van der Waals surface area contributed by atoms with Gasteiger partial charge in [0, 0.05) is 12.0 Å². The molecule has 0 spiro atoms. The van der Waals surface area contributed by atoms with Crippen LogP contribution in [-0.4, -0.2) is 11.6 Å². The van der Waals surface area contributed by atoms with Gasteiger partial charge in [-0.1, -0.05) is 13.0 Å². The molecule has 2 heteroatoms. The molecule has 0 N–H and O–H groups in total. The number of esters is 1. The van der Waals surface area contributed by atoms with Gasteiger partial charge in [-0.25, -0.2) is 4.79 Å². The predicted molar refractivity (Wildman–Crippen MR) is 61.7 cm³/mol. The zero-order valence-electron chi connectivity index (χ0n) is 9.95. The lowest BCUT2D eigenvalue weighted by atomic mass is 9.73. The Morgan fingerprint density at radius 3 is 2.94 bits per heavy atom. The average molecular weight is 220 g/mol. The van der Waals surface area contributed by atoms with Crippen LogP contribution < -0.4 is 0 Å². The summed E-state index contributed by atoms with van der Waals surface area (Å²) in [6.07, 6.45) is 7.82. The summed E-state index contributed by atoms with van der Waals surface area (Å²) in [5.41, 5.74) is -0.193. The highest BCUT2D eigenvalue weighted by Gasteiger charge is 2.60. The fourth-order valence-corrected chi connectivity index (χ4v) is 4.78. The van der Waals surface area contributed by atoms with Gasteiger partial charge in [0.1, 0.15) is 5.60 Å². The molecule has 0 aromatic rings. The quantitative estimate of drug-likeness (QED) is 0.528. The van der Waals surface area contributed by atoms with Crippen molar-refractivity contribution in [1.82, 2.24) is 0 Å². The Hall–Kier alpha value is -0.790. The minimum absolute atomic E-state index is 0.193. The van der Waals surface area contributed by atoms with Crippen LogP contribution >= 0.6 is 0 Å². The van der Waals surface area contributed by atoms with E-state index in [0.717, 1.165) is 24.2 Å². The van der Waals surface area contributed by atoms with Gasteiger partial charge in [0.15, 0.2) is 0 Å². The Kier molecular flexibility index (Phi) is 2.17. The van der Waals surface area contributed by atoms with E-state index in [4.69, 9.17) is 4.74 Å². The van der Waals surface area contributed by atoms with E-state index >= 15 is 0 Å². The van der Waals surface area contributed by atoms with Crippen molar-refractivity contribution in [2.75, 3.05) is 0 Å². The number of rotatable bonds is 2. The maximum atomic E-state index is 11.4. The molecule has 3 rings (SSSR count). The lowest BCUT2D eigenvalue weighted by Crippen LogP contribution is -2.42. The molecule has 2 bridgehead atoms. The van der Waals surface area contributed by atoms with Gasteiger partial charge < -0.3 is 4.74 Å². The summed E-state index contributed by atoms with van der Waals surface area (Å²) in [5.74, 6) is 2.97. The number of carbonyl (C=O) groups is 1. The van der Waals surface area contributed by atoms with Crippen LogP contribution in [0, 0.1) is 23.7 Å². The molecule has 0 heterocycles. The van der Waals surface area contributed by atoms with Crippen molar-refractivity contribution in [2.45, 2.75) is 44.6 Å². The standard InChI is InChI=1S/C14H20O2/c1-3-13(15)16-14(2)8-9-7-12(14)11-6-4-5-10(9)11/h3,9-12H,1,4-8H2,2H3. The van der Waals surface area contributed by atoms with Crippen LogP contribution in [0.5, 0.6) is 0 Å². The molecular weight excluding hydrogens is 200 g/mol. The van der Waals surface area contributed by atoms with Gasteiger partial charge in [-0.05, 0) is 50.4 Å². The highest BCUT2D eigenvalue weighted by atomic mass is 16.6. The van der Waals surface area contributed by atoms with Crippen LogP contribution in [-0.2, 0) is 9.53 Å². The average Bonchev–Trinajstić information content (AvgIpc) is 2.86. The van der Waals surface area contributed by atoms with Crippen molar-refractivity contribution in [1.29, 1.82) is 0 Å². The first-order valence-corrected chi connectivity index (χ1v) is 6.49. The molecule has 5 unspecified atom stereocenters. The zero-order chi connectivity index (χ0) is 11.3. The third-order valence-electron chi connectivity index (χ3n) is 5.26. The minimum Gasteiger partial charge on any atom is -0.456 e. The molecule has 0 aromatic carbocycles. The Morgan fingerprint density at radius 1 is 1.44 bits per heavy atom. The van der Waals surface area contributed by atoms with Gasteiger partial charge in [-0.3, -0.25) is 0 Å². The number of hydrogen-bond donors (Lipinski definition) is 0. The van der Waals surface area contributed by atoms with Gasteiger partial charge in [-0.2, -0.15) is 0 Å². The molecule has 0 aliphatic heterocycles. The highest BCUT2D eigenvalue weighted by Crippen LogP contribution is 2.63. The summed E-state index contributed by atoms with van der Waals surface area (Å²) in [5, 5.41) is 0. The number of hydrogen-bond acceptors (Lipinski definition) is 2.